The summed E-state index contributed by atoms with van der Waals surface area (Å²) < 4.78 is 32.6. The quantitative estimate of drug-likeness (QED) is 0.722. The number of hydrogen-bond acceptors (Lipinski definition) is 4. The van der Waals surface area contributed by atoms with Crippen molar-refractivity contribution in [3.05, 3.63) is 30.3 Å². The van der Waals surface area contributed by atoms with Crippen LogP contribution in [-0.4, -0.2) is 24.7 Å². The lowest BCUT2D eigenvalue weighted by molar-refractivity contribution is 0.318. The second-order valence-electron chi connectivity index (χ2n) is 2.14. The second kappa shape index (κ2) is 6.36. The first-order valence-electron chi connectivity index (χ1n) is 3.82. The van der Waals surface area contributed by atoms with Gasteiger partial charge in [0, 0.05) is 6.61 Å². The first-order chi connectivity index (χ1) is 6.49. The van der Waals surface area contributed by atoms with Gasteiger partial charge in [-0.25, -0.2) is 0 Å². The van der Waals surface area contributed by atoms with E-state index in [9.17, 15) is 8.42 Å². The minimum atomic E-state index is -4.38. The maximum atomic E-state index is 10.1. The third-order valence-corrected chi connectivity index (χ3v) is 1.35. The van der Waals surface area contributed by atoms with E-state index in [2.05, 4.69) is 4.18 Å². The minimum Gasteiger partial charge on any atom is -0.397 e. The summed E-state index contributed by atoms with van der Waals surface area (Å²) in [6, 6.07) is 7.75. The highest BCUT2D eigenvalue weighted by molar-refractivity contribution is 7.81. The Balaban J connectivity index is 0.000000500. The van der Waals surface area contributed by atoms with Crippen LogP contribution in [0.15, 0.2) is 30.3 Å². The molecule has 0 aliphatic rings. The number of hydrogen-bond donors (Lipinski definition) is 2. The van der Waals surface area contributed by atoms with E-state index in [0.717, 1.165) is 0 Å². The van der Waals surface area contributed by atoms with Gasteiger partial charge in [-0.1, -0.05) is 18.2 Å². The number of benzene rings is 1. The molecule has 0 amide bonds. The van der Waals surface area contributed by atoms with E-state index in [0.29, 0.717) is 0 Å². The predicted molar refractivity (Wildman–Crippen MR) is 51.4 cm³/mol. The first kappa shape index (κ1) is 12.9. The summed E-state index contributed by atoms with van der Waals surface area (Å²) in [5, 5.41) is 7.57. The van der Waals surface area contributed by atoms with E-state index in [-0.39, 0.29) is 12.4 Å². The average molecular weight is 220 g/mol. The Kier molecular flexibility index (Phi) is 5.86. The van der Waals surface area contributed by atoms with Gasteiger partial charge in [0.15, 0.2) is 0 Å². The summed E-state index contributed by atoms with van der Waals surface area (Å²) in [6.07, 6.45) is 0. The Morgan fingerprint density at radius 2 is 1.71 bits per heavy atom. The smallest absolute Gasteiger partial charge is 0.397 e. The van der Waals surface area contributed by atoms with Crippen molar-refractivity contribution in [2.75, 3.05) is 6.61 Å². The van der Waals surface area contributed by atoms with E-state index in [4.69, 9.17) is 9.66 Å². The molecule has 0 bridgehead atoms. The van der Waals surface area contributed by atoms with Crippen LogP contribution in [0.3, 0.4) is 0 Å². The molecule has 0 fully saturated rings. The summed E-state index contributed by atoms with van der Waals surface area (Å²) >= 11 is 0. The monoisotopic (exact) mass is 220 g/mol. The van der Waals surface area contributed by atoms with Gasteiger partial charge in [0.2, 0.25) is 0 Å². The summed E-state index contributed by atoms with van der Waals surface area (Å²) in [7, 11) is -4.38. The van der Waals surface area contributed by atoms with Crippen LogP contribution in [0.4, 0.5) is 0 Å². The molecule has 1 aromatic carbocycles. The van der Waals surface area contributed by atoms with Crippen molar-refractivity contribution in [1.82, 2.24) is 0 Å². The Hall–Kier alpha value is -1.11. The lowest BCUT2D eigenvalue weighted by Gasteiger charge is -1.98. The van der Waals surface area contributed by atoms with Crippen LogP contribution in [0.1, 0.15) is 6.92 Å². The molecule has 14 heavy (non-hydrogen) atoms. The Morgan fingerprint density at radius 1 is 1.29 bits per heavy atom. The molecule has 0 aliphatic heterocycles. The van der Waals surface area contributed by atoms with E-state index in [1.807, 2.05) is 0 Å². The molecular formula is C8H12O5S. The molecule has 2 N–H and O–H groups in total. The van der Waals surface area contributed by atoms with Gasteiger partial charge in [0.1, 0.15) is 5.75 Å². The van der Waals surface area contributed by atoms with Gasteiger partial charge < -0.3 is 9.29 Å². The third kappa shape index (κ3) is 7.53. The summed E-state index contributed by atoms with van der Waals surface area (Å²) in [5.74, 6) is 0.0926. The van der Waals surface area contributed by atoms with Crippen LogP contribution in [0.25, 0.3) is 0 Å². The standard InChI is InChI=1S/C6H6O4S.C2H6O/c7-11(8,9)10-6-4-2-1-3-5-6;1-2-3/h1-5H,(H,7,8,9);3H,2H2,1H3. The Morgan fingerprint density at radius 3 is 2.07 bits per heavy atom. The normalized spacial score (nSPS) is 9.93. The largest absolute Gasteiger partial charge is 0.446 e. The highest BCUT2D eigenvalue weighted by Crippen LogP contribution is 2.09. The molecule has 0 aliphatic carbocycles. The van der Waals surface area contributed by atoms with Crippen LogP contribution in [0, 0.1) is 0 Å². The Labute approximate surface area is 82.9 Å². The predicted octanol–water partition coefficient (Wildman–Crippen LogP) is 0.867. The third-order valence-electron chi connectivity index (χ3n) is 0.945. The number of aliphatic hydroxyl groups is 1. The van der Waals surface area contributed by atoms with Crippen molar-refractivity contribution in [2.45, 2.75) is 6.92 Å². The molecule has 0 saturated carbocycles. The van der Waals surface area contributed by atoms with Crippen molar-refractivity contribution in [3.8, 4) is 5.75 Å². The zero-order chi connectivity index (χ0) is 11.0. The molecule has 0 unspecified atom stereocenters. The van der Waals surface area contributed by atoms with E-state index in [1.54, 1.807) is 25.1 Å². The molecular weight excluding hydrogens is 208 g/mol. The molecule has 0 saturated heterocycles. The molecule has 80 valence electrons. The SMILES string of the molecule is CCO.O=S(=O)(O)Oc1ccccc1. The van der Waals surface area contributed by atoms with Crippen molar-refractivity contribution in [1.29, 1.82) is 0 Å². The molecule has 6 heteroatoms. The number of rotatable bonds is 2. The molecule has 0 atom stereocenters. The van der Waals surface area contributed by atoms with Gasteiger partial charge in [0.25, 0.3) is 0 Å². The van der Waals surface area contributed by atoms with Crippen molar-refractivity contribution in [2.24, 2.45) is 0 Å². The first-order valence-corrected chi connectivity index (χ1v) is 5.19. The van der Waals surface area contributed by atoms with Gasteiger partial charge in [-0.15, -0.1) is 0 Å². The average Bonchev–Trinajstić information content (AvgIpc) is 2.04. The highest BCUT2D eigenvalue weighted by Gasteiger charge is 2.04. The molecule has 1 rings (SSSR count). The molecule has 0 aromatic heterocycles. The van der Waals surface area contributed by atoms with E-state index >= 15 is 0 Å². The highest BCUT2D eigenvalue weighted by atomic mass is 32.3. The van der Waals surface area contributed by atoms with Gasteiger partial charge >= 0.3 is 10.4 Å². The van der Waals surface area contributed by atoms with Gasteiger partial charge in [-0.05, 0) is 19.1 Å². The van der Waals surface area contributed by atoms with Crippen LogP contribution >= 0.6 is 0 Å². The van der Waals surface area contributed by atoms with E-state index in [1.165, 1.54) is 12.1 Å². The zero-order valence-electron chi connectivity index (χ0n) is 7.62. The molecule has 0 radical (unpaired) electrons. The van der Waals surface area contributed by atoms with Gasteiger partial charge in [-0.3, -0.25) is 4.55 Å². The topological polar surface area (TPSA) is 83.8 Å². The molecule has 1 aromatic rings. The van der Waals surface area contributed by atoms with Gasteiger partial charge in [-0.2, -0.15) is 8.42 Å². The summed E-state index contributed by atoms with van der Waals surface area (Å²) in [6.45, 7) is 1.93. The Bertz CT molecular complexity index is 332. The van der Waals surface area contributed by atoms with E-state index < -0.39 is 10.4 Å². The van der Waals surface area contributed by atoms with Crippen molar-refractivity contribution in [3.63, 3.8) is 0 Å². The molecule has 0 spiro atoms. The van der Waals surface area contributed by atoms with Crippen LogP contribution < -0.4 is 4.18 Å². The fourth-order valence-corrected chi connectivity index (χ4v) is 0.952. The van der Waals surface area contributed by atoms with Crippen molar-refractivity contribution >= 4 is 10.4 Å². The number of para-hydroxylation sites is 1. The maximum Gasteiger partial charge on any atom is 0.446 e. The summed E-state index contributed by atoms with van der Waals surface area (Å²) in [4.78, 5) is 0. The lowest BCUT2D eigenvalue weighted by Crippen LogP contribution is -2.06. The van der Waals surface area contributed by atoms with Crippen LogP contribution in [-0.2, 0) is 10.4 Å². The summed E-state index contributed by atoms with van der Waals surface area (Å²) in [5.41, 5.74) is 0. The second-order valence-corrected chi connectivity index (χ2v) is 3.16. The van der Waals surface area contributed by atoms with Crippen molar-refractivity contribution < 1.29 is 22.3 Å². The fourth-order valence-electron chi connectivity index (χ4n) is 0.598. The zero-order valence-corrected chi connectivity index (χ0v) is 8.44. The lowest BCUT2D eigenvalue weighted by atomic mass is 10.3. The fraction of sp³-hybridized carbons (Fsp3) is 0.250. The van der Waals surface area contributed by atoms with Gasteiger partial charge in [0.05, 0.1) is 0 Å². The van der Waals surface area contributed by atoms with Crippen LogP contribution in [0.2, 0.25) is 0 Å². The molecule has 5 nitrogen and oxygen atoms in total. The van der Waals surface area contributed by atoms with Crippen LogP contribution in [0.5, 0.6) is 5.75 Å². The number of aliphatic hydroxyl groups excluding tert-OH is 1. The minimum absolute atomic E-state index is 0.0926. The molecule has 0 heterocycles. The maximum absolute atomic E-state index is 10.1.